The lowest BCUT2D eigenvalue weighted by Gasteiger charge is -2.10. The molecule has 1 aliphatic heterocycles. The highest BCUT2D eigenvalue weighted by molar-refractivity contribution is 8.03. The van der Waals surface area contributed by atoms with Crippen molar-refractivity contribution in [2.45, 2.75) is 6.10 Å². The standard InChI is InChI=1S/C7H8O8S2/c1-2-3-13-7(8)6-4-14-16(9,10)5-17(11,12)15-6/h1,6H,3-5H2. The van der Waals surface area contributed by atoms with Gasteiger partial charge in [0.25, 0.3) is 20.2 Å². The number of esters is 1. The van der Waals surface area contributed by atoms with Crippen LogP contribution in [0.25, 0.3) is 0 Å². The third kappa shape index (κ3) is 4.31. The molecular formula is C7H8O8S2. The van der Waals surface area contributed by atoms with Crippen LogP contribution in [0.4, 0.5) is 0 Å². The molecule has 8 nitrogen and oxygen atoms in total. The number of rotatable bonds is 2. The largest absolute Gasteiger partial charge is 0.450 e. The van der Waals surface area contributed by atoms with Crippen LogP contribution in [0.1, 0.15) is 0 Å². The van der Waals surface area contributed by atoms with Gasteiger partial charge in [-0.3, -0.25) is 8.37 Å². The van der Waals surface area contributed by atoms with Crippen molar-refractivity contribution < 1.29 is 34.7 Å². The molecular weight excluding hydrogens is 276 g/mol. The maximum atomic E-state index is 11.2. The number of carbonyl (C=O) groups is 1. The Morgan fingerprint density at radius 3 is 2.59 bits per heavy atom. The van der Waals surface area contributed by atoms with E-state index in [0.29, 0.717) is 0 Å². The summed E-state index contributed by atoms with van der Waals surface area (Å²) in [6.07, 6.45) is 3.14. The van der Waals surface area contributed by atoms with E-state index in [-0.39, 0.29) is 6.61 Å². The van der Waals surface area contributed by atoms with Crippen molar-refractivity contribution in [3.05, 3.63) is 0 Å². The van der Waals surface area contributed by atoms with Gasteiger partial charge in [-0.1, -0.05) is 5.92 Å². The van der Waals surface area contributed by atoms with Crippen LogP contribution in [0.15, 0.2) is 0 Å². The summed E-state index contributed by atoms with van der Waals surface area (Å²) in [5.41, 5.74) is 0. The minimum atomic E-state index is -4.41. The van der Waals surface area contributed by atoms with Gasteiger partial charge in [-0.25, -0.2) is 4.79 Å². The maximum Gasteiger partial charge on any atom is 0.340 e. The average molecular weight is 284 g/mol. The van der Waals surface area contributed by atoms with E-state index in [0.717, 1.165) is 0 Å². The quantitative estimate of drug-likeness (QED) is 0.331. The summed E-state index contributed by atoms with van der Waals surface area (Å²) in [7, 11) is -8.69. The molecule has 0 aromatic carbocycles. The Hall–Kier alpha value is -1.15. The van der Waals surface area contributed by atoms with Crippen molar-refractivity contribution in [2.24, 2.45) is 0 Å². The van der Waals surface area contributed by atoms with Gasteiger partial charge in [0.2, 0.25) is 5.08 Å². The summed E-state index contributed by atoms with van der Waals surface area (Å²) in [6, 6.07) is 0. The first-order valence-corrected chi connectivity index (χ1v) is 7.29. The molecule has 1 aliphatic rings. The molecule has 0 aliphatic carbocycles. The van der Waals surface area contributed by atoms with E-state index >= 15 is 0 Å². The second-order valence-corrected chi connectivity index (χ2v) is 6.52. The van der Waals surface area contributed by atoms with Crippen LogP contribution in [-0.2, 0) is 38.1 Å². The van der Waals surface area contributed by atoms with Crippen molar-refractivity contribution in [2.75, 3.05) is 18.3 Å². The fourth-order valence-electron chi connectivity index (χ4n) is 0.922. The molecule has 0 aromatic heterocycles. The summed E-state index contributed by atoms with van der Waals surface area (Å²) < 4.78 is 57.3. The van der Waals surface area contributed by atoms with Crippen molar-refractivity contribution in [1.29, 1.82) is 0 Å². The van der Waals surface area contributed by atoms with Crippen LogP contribution in [0.2, 0.25) is 0 Å². The van der Waals surface area contributed by atoms with Crippen molar-refractivity contribution in [3.63, 3.8) is 0 Å². The molecule has 0 amide bonds. The van der Waals surface area contributed by atoms with Gasteiger partial charge in [0.15, 0.2) is 12.7 Å². The molecule has 0 radical (unpaired) electrons. The van der Waals surface area contributed by atoms with E-state index in [1.54, 1.807) is 0 Å². The van der Waals surface area contributed by atoms with Crippen LogP contribution >= 0.6 is 0 Å². The highest BCUT2D eigenvalue weighted by atomic mass is 32.3. The minimum absolute atomic E-state index is 0.383. The Labute approximate surface area is 98.1 Å². The van der Waals surface area contributed by atoms with Crippen LogP contribution in [0, 0.1) is 12.3 Å². The van der Waals surface area contributed by atoms with E-state index in [2.05, 4.69) is 13.1 Å². The van der Waals surface area contributed by atoms with Gasteiger partial charge < -0.3 is 4.74 Å². The fourth-order valence-corrected chi connectivity index (χ4v) is 3.65. The molecule has 96 valence electrons. The third-order valence-corrected chi connectivity index (χ3v) is 4.84. The van der Waals surface area contributed by atoms with E-state index in [9.17, 15) is 21.6 Å². The molecule has 1 atom stereocenters. The van der Waals surface area contributed by atoms with E-state index in [1.807, 2.05) is 5.92 Å². The molecule has 1 saturated heterocycles. The molecule has 10 heteroatoms. The molecule has 1 heterocycles. The van der Waals surface area contributed by atoms with Crippen molar-refractivity contribution in [3.8, 4) is 12.3 Å². The number of terminal acetylenes is 1. The molecule has 0 bridgehead atoms. The molecule has 17 heavy (non-hydrogen) atoms. The molecule has 1 unspecified atom stereocenters. The van der Waals surface area contributed by atoms with Crippen LogP contribution in [-0.4, -0.2) is 47.2 Å². The smallest absolute Gasteiger partial charge is 0.340 e. The lowest BCUT2D eigenvalue weighted by Crippen LogP contribution is -2.31. The Morgan fingerprint density at radius 1 is 1.35 bits per heavy atom. The van der Waals surface area contributed by atoms with Crippen molar-refractivity contribution >= 4 is 26.2 Å². The van der Waals surface area contributed by atoms with Crippen LogP contribution < -0.4 is 0 Å². The zero-order valence-corrected chi connectivity index (χ0v) is 9.99. The minimum Gasteiger partial charge on any atom is -0.450 e. The first-order valence-electron chi connectivity index (χ1n) is 4.14. The lowest BCUT2D eigenvalue weighted by atomic mass is 10.4. The van der Waals surface area contributed by atoms with Crippen molar-refractivity contribution in [1.82, 2.24) is 0 Å². The predicted octanol–water partition coefficient (Wildman–Crippen LogP) is -1.80. The zero-order chi connectivity index (χ0) is 13.1. The zero-order valence-electron chi connectivity index (χ0n) is 8.36. The highest BCUT2D eigenvalue weighted by Crippen LogP contribution is 2.13. The summed E-state index contributed by atoms with van der Waals surface area (Å²) in [4.78, 5) is 11.2. The topological polar surface area (TPSA) is 113 Å². The van der Waals surface area contributed by atoms with E-state index in [4.69, 9.17) is 6.42 Å². The Bertz CT molecular complexity index is 537. The molecule has 0 aromatic rings. The Kier molecular flexibility index (Phi) is 4.10. The molecule has 0 spiro atoms. The monoisotopic (exact) mass is 284 g/mol. The summed E-state index contributed by atoms with van der Waals surface area (Å²) >= 11 is 0. The summed E-state index contributed by atoms with van der Waals surface area (Å²) in [5, 5.41) is -1.35. The first kappa shape index (κ1) is 13.9. The first-order chi connectivity index (χ1) is 7.76. The lowest BCUT2D eigenvalue weighted by molar-refractivity contribution is -0.151. The second kappa shape index (κ2) is 5.01. The second-order valence-electron chi connectivity index (χ2n) is 2.91. The highest BCUT2D eigenvalue weighted by Gasteiger charge is 2.37. The average Bonchev–Trinajstić information content (AvgIpc) is 2.29. The van der Waals surface area contributed by atoms with Gasteiger partial charge in [-0.2, -0.15) is 16.8 Å². The normalized spacial score (nSPS) is 26.4. The molecule has 0 saturated carbocycles. The van der Waals surface area contributed by atoms with Gasteiger partial charge in [0.1, 0.15) is 6.61 Å². The van der Waals surface area contributed by atoms with Gasteiger partial charge in [0, 0.05) is 0 Å². The van der Waals surface area contributed by atoms with Gasteiger partial charge >= 0.3 is 5.97 Å². The SMILES string of the molecule is C#CCOC(=O)C1COS(=O)(=O)CS(=O)(=O)O1. The Balaban J connectivity index is 2.84. The predicted molar refractivity (Wildman–Crippen MR) is 53.3 cm³/mol. The van der Waals surface area contributed by atoms with Crippen LogP contribution in [0.5, 0.6) is 0 Å². The number of carbonyl (C=O) groups excluding carboxylic acids is 1. The molecule has 0 N–H and O–H groups in total. The van der Waals surface area contributed by atoms with Gasteiger partial charge in [-0.15, -0.1) is 6.42 Å². The van der Waals surface area contributed by atoms with E-state index in [1.165, 1.54) is 0 Å². The molecule has 1 rings (SSSR count). The summed E-state index contributed by atoms with van der Waals surface area (Å²) in [6.45, 7) is -1.16. The van der Waals surface area contributed by atoms with Gasteiger partial charge in [0.05, 0.1) is 0 Å². The van der Waals surface area contributed by atoms with Crippen LogP contribution in [0.3, 0.4) is 0 Å². The van der Waals surface area contributed by atoms with E-state index < -0.39 is 44.0 Å². The summed E-state index contributed by atoms with van der Waals surface area (Å²) in [5.74, 6) is 0.875. The van der Waals surface area contributed by atoms with Gasteiger partial charge in [-0.05, 0) is 0 Å². The molecule has 1 fully saturated rings. The number of hydrogen-bond acceptors (Lipinski definition) is 8. The third-order valence-electron chi connectivity index (χ3n) is 1.51. The fraction of sp³-hybridized carbons (Fsp3) is 0.571. The maximum absolute atomic E-state index is 11.2. The number of hydrogen-bond donors (Lipinski definition) is 0. The Morgan fingerprint density at radius 2 is 2.00 bits per heavy atom. The number of ether oxygens (including phenoxy) is 1.